The van der Waals surface area contributed by atoms with Crippen LogP contribution in [0.1, 0.15) is 5.56 Å². The van der Waals surface area contributed by atoms with Gasteiger partial charge in [-0.05, 0) is 17.7 Å². The molecule has 1 rings (SSSR count). The quantitative estimate of drug-likeness (QED) is 0.441. The molecule has 0 saturated carbocycles. The molecule has 1 aromatic carbocycles. The van der Waals surface area contributed by atoms with Gasteiger partial charge in [-0.3, -0.25) is 10.1 Å². The van der Waals surface area contributed by atoms with Gasteiger partial charge in [0, 0.05) is 16.7 Å². The molecule has 0 N–H and O–H groups in total. The summed E-state index contributed by atoms with van der Waals surface area (Å²) in [6, 6.07) is 5.80. The molecule has 0 aromatic heterocycles. The van der Waals surface area contributed by atoms with Gasteiger partial charge >= 0.3 is 8.25 Å². The maximum Gasteiger partial charge on any atom is 0.697 e. The third-order valence-corrected chi connectivity index (χ3v) is 2.27. The SMILES string of the molecule is CO[P+](=O)OCc1ccc([N+](=O)[O-])cc1. The third kappa shape index (κ3) is 3.71. The van der Waals surface area contributed by atoms with E-state index in [9.17, 15) is 14.7 Å². The Morgan fingerprint density at radius 3 is 2.47 bits per heavy atom. The second-order valence-corrected chi connectivity index (χ2v) is 3.67. The van der Waals surface area contributed by atoms with Crippen molar-refractivity contribution >= 4 is 13.9 Å². The molecule has 6 nitrogen and oxygen atoms in total. The molecule has 0 saturated heterocycles. The van der Waals surface area contributed by atoms with Gasteiger partial charge in [0.2, 0.25) is 0 Å². The minimum atomic E-state index is -2.11. The van der Waals surface area contributed by atoms with Crippen molar-refractivity contribution in [2.75, 3.05) is 7.11 Å². The van der Waals surface area contributed by atoms with E-state index in [1.807, 2.05) is 0 Å². The Bertz CT molecular complexity index is 364. The van der Waals surface area contributed by atoms with E-state index >= 15 is 0 Å². The molecule has 0 aliphatic heterocycles. The lowest BCUT2D eigenvalue weighted by Gasteiger charge is -1.94. The first-order chi connectivity index (χ1) is 7.13. The molecule has 7 heteroatoms. The molecular weight excluding hydrogens is 221 g/mol. The average Bonchev–Trinajstić information content (AvgIpc) is 2.26. The van der Waals surface area contributed by atoms with Gasteiger partial charge in [-0.2, -0.15) is 0 Å². The first kappa shape index (κ1) is 11.7. The molecule has 1 aromatic rings. The predicted octanol–water partition coefficient (Wildman–Crippen LogP) is 2.42. The highest BCUT2D eigenvalue weighted by molar-refractivity contribution is 7.33. The molecule has 0 radical (unpaired) electrons. The first-order valence-corrected chi connectivity index (χ1v) is 5.10. The van der Waals surface area contributed by atoms with E-state index in [1.165, 1.54) is 31.4 Å². The highest BCUT2D eigenvalue weighted by atomic mass is 31.1. The molecule has 0 fully saturated rings. The Hall–Kier alpha value is -1.36. The fourth-order valence-corrected chi connectivity index (χ4v) is 1.25. The van der Waals surface area contributed by atoms with E-state index in [4.69, 9.17) is 4.52 Å². The van der Waals surface area contributed by atoms with E-state index in [2.05, 4.69) is 4.52 Å². The predicted molar refractivity (Wildman–Crippen MR) is 52.5 cm³/mol. The molecule has 15 heavy (non-hydrogen) atoms. The fraction of sp³-hybridized carbons (Fsp3) is 0.250. The zero-order valence-corrected chi connectivity index (χ0v) is 8.85. The highest BCUT2D eigenvalue weighted by Crippen LogP contribution is 2.24. The minimum absolute atomic E-state index is 0.00915. The summed E-state index contributed by atoms with van der Waals surface area (Å²) < 4.78 is 20.0. The van der Waals surface area contributed by atoms with Crippen LogP contribution in [-0.2, 0) is 20.2 Å². The number of rotatable bonds is 5. The van der Waals surface area contributed by atoms with Crippen molar-refractivity contribution in [1.29, 1.82) is 0 Å². The van der Waals surface area contributed by atoms with Crippen molar-refractivity contribution in [3.8, 4) is 0 Å². The minimum Gasteiger partial charge on any atom is -0.258 e. The van der Waals surface area contributed by atoms with E-state index in [0.717, 1.165) is 0 Å². The van der Waals surface area contributed by atoms with Gasteiger partial charge < -0.3 is 0 Å². The maximum atomic E-state index is 10.8. The third-order valence-electron chi connectivity index (χ3n) is 1.63. The molecular formula is C8H9NO5P+. The standard InChI is InChI=1S/C8H9NO5P/c1-13-15(12)14-6-7-2-4-8(5-3-7)9(10)11/h2-5H,6H2,1H3/q+1. The Morgan fingerprint density at radius 1 is 1.40 bits per heavy atom. The summed E-state index contributed by atoms with van der Waals surface area (Å²) in [6.45, 7) is 0.0983. The topological polar surface area (TPSA) is 78.7 Å². The summed E-state index contributed by atoms with van der Waals surface area (Å²) in [4.78, 5) is 9.85. The number of nitro benzene ring substituents is 1. The van der Waals surface area contributed by atoms with Crippen molar-refractivity contribution < 1.29 is 18.5 Å². The van der Waals surface area contributed by atoms with E-state index in [0.29, 0.717) is 5.56 Å². The van der Waals surface area contributed by atoms with Gasteiger partial charge in [-0.15, -0.1) is 9.05 Å². The molecule has 0 aliphatic carbocycles. The van der Waals surface area contributed by atoms with Crippen LogP contribution in [0.15, 0.2) is 24.3 Å². The van der Waals surface area contributed by atoms with Gasteiger partial charge in [0.1, 0.15) is 6.61 Å². The van der Waals surface area contributed by atoms with Crippen LogP contribution < -0.4 is 0 Å². The fourth-order valence-electron chi connectivity index (χ4n) is 0.894. The van der Waals surface area contributed by atoms with Crippen LogP contribution in [0.3, 0.4) is 0 Å². The Balaban J connectivity index is 2.57. The van der Waals surface area contributed by atoms with Crippen molar-refractivity contribution in [3.05, 3.63) is 39.9 Å². The van der Waals surface area contributed by atoms with Crippen LogP contribution >= 0.6 is 8.25 Å². The van der Waals surface area contributed by atoms with Crippen LogP contribution in [0.2, 0.25) is 0 Å². The second-order valence-electron chi connectivity index (χ2n) is 2.60. The van der Waals surface area contributed by atoms with Crippen LogP contribution in [0, 0.1) is 10.1 Å². The second kappa shape index (κ2) is 5.50. The van der Waals surface area contributed by atoms with Gasteiger partial charge in [-0.1, -0.05) is 0 Å². The number of nitrogens with zero attached hydrogens (tertiary/aromatic N) is 1. The van der Waals surface area contributed by atoms with E-state index in [1.54, 1.807) is 0 Å². The van der Waals surface area contributed by atoms with Gasteiger partial charge in [0.25, 0.3) is 5.69 Å². The summed E-state index contributed by atoms with van der Waals surface area (Å²) in [5, 5.41) is 10.3. The normalized spacial score (nSPS) is 11.1. The molecule has 0 spiro atoms. The zero-order valence-electron chi connectivity index (χ0n) is 7.95. The van der Waals surface area contributed by atoms with Crippen molar-refractivity contribution in [2.24, 2.45) is 0 Å². The summed E-state index contributed by atoms with van der Waals surface area (Å²) >= 11 is 0. The number of hydrogen-bond donors (Lipinski definition) is 0. The number of nitro groups is 1. The van der Waals surface area contributed by atoms with Crippen molar-refractivity contribution in [1.82, 2.24) is 0 Å². The molecule has 0 amide bonds. The summed E-state index contributed by atoms with van der Waals surface area (Å²) in [5.74, 6) is 0. The lowest BCUT2D eigenvalue weighted by Crippen LogP contribution is -1.90. The van der Waals surface area contributed by atoms with Crippen molar-refractivity contribution in [2.45, 2.75) is 6.61 Å². The summed E-state index contributed by atoms with van der Waals surface area (Å²) in [5.41, 5.74) is 0.705. The number of benzene rings is 1. The molecule has 80 valence electrons. The summed E-state index contributed by atoms with van der Waals surface area (Å²) in [7, 11) is -0.834. The Morgan fingerprint density at radius 2 is 2.00 bits per heavy atom. The van der Waals surface area contributed by atoms with E-state index < -0.39 is 13.2 Å². The molecule has 1 unspecified atom stereocenters. The largest absolute Gasteiger partial charge is 0.697 e. The van der Waals surface area contributed by atoms with Crippen LogP contribution in [-0.4, -0.2) is 12.0 Å². The van der Waals surface area contributed by atoms with Gasteiger partial charge in [0.15, 0.2) is 0 Å². The van der Waals surface area contributed by atoms with Crippen LogP contribution in [0.25, 0.3) is 0 Å². The van der Waals surface area contributed by atoms with Crippen LogP contribution in [0.5, 0.6) is 0 Å². The van der Waals surface area contributed by atoms with Gasteiger partial charge in [0.05, 0.1) is 12.0 Å². The Labute approximate surface area is 86.9 Å². The highest BCUT2D eigenvalue weighted by Gasteiger charge is 2.17. The summed E-state index contributed by atoms with van der Waals surface area (Å²) in [6.07, 6.45) is 0. The van der Waals surface area contributed by atoms with Gasteiger partial charge in [-0.25, -0.2) is 0 Å². The molecule has 0 aliphatic rings. The number of hydrogen-bond acceptors (Lipinski definition) is 5. The van der Waals surface area contributed by atoms with E-state index in [-0.39, 0.29) is 12.3 Å². The van der Waals surface area contributed by atoms with Crippen LogP contribution in [0.4, 0.5) is 5.69 Å². The Kier molecular flexibility index (Phi) is 4.30. The smallest absolute Gasteiger partial charge is 0.258 e. The molecule has 1 atom stereocenters. The number of non-ortho nitro benzene ring substituents is 1. The molecule has 0 heterocycles. The van der Waals surface area contributed by atoms with Crippen molar-refractivity contribution in [3.63, 3.8) is 0 Å². The first-order valence-electron chi connectivity index (χ1n) is 4.01. The zero-order chi connectivity index (χ0) is 11.3. The average molecular weight is 230 g/mol. The lowest BCUT2D eigenvalue weighted by atomic mass is 10.2. The monoisotopic (exact) mass is 230 g/mol. The maximum absolute atomic E-state index is 10.8. The lowest BCUT2D eigenvalue weighted by molar-refractivity contribution is -0.384. The molecule has 0 bridgehead atoms.